The molecule has 1 aromatic heterocycles. The van der Waals surface area contributed by atoms with Gasteiger partial charge in [0, 0.05) is 24.6 Å². The minimum atomic E-state index is 0.166. The van der Waals surface area contributed by atoms with E-state index in [0.29, 0.717) is 0 Å². The highest BCUT2D eigenvalue weighted by Crippen LogP contribution is 2.28. The predicted octanol–water partition coefficient (Wildman–Crippen LogP) is 2.51. The molecule has 0 fully saturated rings. The molecule has 0 radical (unpaired) electrons. The molecule has 0 aliphatic rings. The van der Waals surface area contributed by atoms with Crippen LogP contribution < -0.4 is 10.1 Å². The van der Waals surface area contributed by atoms with Crippen LogP contribution in [0.25, 0.3) is 0 Å². The third kappa shape index (κ3) is 3.61. The molecule has 0 saturated heterocycles. The zero-order chi connectivity index (χ0) is 15.2. The lowest BCUT2D eigenvalue weighted by molar-refractivity contribution is 0.397. The fourth-order valence-electron chi connectivity index (χ4n) is 2.56. The second-order valence-electron chi connectivity index (χ2n) is 5.05. The molecule has 0 saturated carbocycles. The Morgan fingerprint density at radius 3 is 2.81 bits per heavy atom. The van der Waals surface area contributed by atoms with Gasteiger partial charge in [0.25, 0.3) is 0 Å². The minimum absolute atomic E-state index is 0.166. The highest BCUT2D eigenvalue weighted by molar-refractivity contribution is 5.39. The Morgan fingerprint density at radius 2 is 2.14 bits per heavy atom. The third-order valence-corrected chi connectivity index (χ3v) is 3.59. The van der Waals surface area contributed by atoms with Crippen LogP contribution in [0.2, 0.25) is 0 Å². The largest absolute Gasteiger partial charge is 0.496 e. The number of nitrogens with one attached hydrogen (secondary N) is 1. The Hall–Kier alpha value is -1.88. The van der Waals surface area contributed by atoms with Crippen molar-refractivity contribution in [3.63, 3.8) is 0 Å². The lowest BCUT2D eigenvalue weighted by Gasteiger charge is -2.21. The van der Waals surface area contributed by atoms with Crippen LogP contribution >= 0.6 is 0 Å². The summed E-state index contributed by atoms with van der Waals surface area (Å²) in [5, 5.41) is 7.78. The molecule has 2 aromatic rings. The van der Waals surface area contributed by atoms with Crippen molar-refractivity contribution in [2.75, 3.05) is 13.7 Å². The first-order valence-electron chi connectivity index (χ1n) is 7.44. The van der Waals surface area contributed by atoms with Gasteiger partial charge < -0.3 is 10.1 Å². The topological polar surface area (TPSA) is 52.0 Å². The van der Waals surface area contributed by atoms with E-state index in [-0.39, 0.29) is 6.04 Å². The second kappa shape index (κ2) is 7.22. The van der Waals surface area contributed by atoms with Crippen LogP contribution in [0.4, 0.5) is 0 Å². The first kappa shape index (κ1) is 15.5. The lowest BCUT2D eigenvalue weighted by Crippen LogP contribution is -2.25. The molecule has 0 spiro atoms. The number of aryl methyl sites for hydroxylation is 2. The molecule has 21 heavy (non-hydrogen) atoms. The number of likely N-dealkylation sites (N-methyl/N-ethyl adjacent to an activating group) is 1. The van der Waals surface area contributed by atoms with Crippen molar-refractivity contribution in [2.45, 2.75) is 39.8 Å². The van der Waals surface area contributed by atoms with Gasteiger partial charge in [0.05, 0.1) is 7.11 Å². The molecule has 1 atom stereocenters. The summed E-state index contributed by atoms with van der Waals surface area (Å²) >= 11 is 0. The van der Waals surface area contributed by atoms with Crippen LogP contribution in [-0.4, -0.2) is 28.4 Å². The van der Waals surface area contributed by atoms with Gasteiger partial charge in [-0.3, -0.25) is 4.68 Å². The van der Waals surface area contributed by atoms with E-state index in [0.717, 1.165) is 31.1 Å². The summed E-state index contributed by atoms with van der Waals surface area (Å²) in [6, 6.07) is 6.44. The molecule has 1 unspecified atom stereocenters. The van der Waals surface area contributed by atoms with Gasteiger partial charge in [-0.1, -0.05) is 24.6 Å². The van der Waals surface area contributed by atoms with Crippen LogP contribution in [-0.2, 0) is 13.0 Å². The summed E-state index contributed by atoms with van der Waals surface area (Å²) in [5.41, 5.74) is 2.40. The van der Waals surface area contributed by atoms with E-state index >= 15 is 0 Å². The van der Waals surface area contributed by atoms with Crippen LogP contribution in [0, 0.1) is 6.92 Å². The molecule has 1 aromatic carbocycles. The maximum absolute atomic E-state index is 5.52. The van der Waals surface area contributed by atoms with E-state index in [1.165, 1.54) is 11.1 Å². The molecule has 0 aliphatic carbocycles. The molecular weight excluding hydrogens is 264 g/mol. The number of aromatic nitrogens is 3. The van der Waals surface area contributed by atoms with Crippen LogP contribution in [0.3, 0.4) is 0 Å². The van der Waals surface area contributed by atoms with Crippen molar-refractivity contribution in [1.29, 1.82) is 0 Å². The fraction of sp³-hybridized carbons (Fsp3) is 0.500. The highest BCUT2D eigenvalue weighted by Gasteiger charge is 2.18. The van der Waals surface area contributed by atoms with Crippen molar-refractivity contribution >= 4 is 0 Å². The monoisotopic (exact) mass is 288 g/mol. The average molecular weight is 288 g/mol. The number of nitrogens with zero attached hydrogens (tertiary/aromatic N) is 3. The molecule has 0 amide bonds. The Bertz CT molecular complexity index is 579. The molecule has 1 N–H and O–H groups in total. The molecule has 2 rings (SSSR count). The normalized spacial score (nSPS) is 12.4. The zero-order valence-electron chi connectivity index (χ0n) is 13.3. The molecule has 5 nitrogen and oxygen atoms in total. The minimum Gasteiger partial charge on any atom is -0.496 e. The number of ether oxygens (including phenoxy) is 1. The van der Waals surface area contributed by atoms with Crippen LogP contribution in [0.5, 0.6) is 5.75 Å². The van der Waals surface area contributed by atoms with Gasteiger partial charge in [0.1, 0.15) is 17.9 Å². The van der Waals surface area contributed by atoms with Crippen LogP contribution in [0.15, 0.2) is 24.5 Å². The Balaban J connectivity index is 2.32. The lowest BCUT2D eigenvalue weighted by atomic mass is 10.00. The van der Waals surface area contributed by atoms with Crippen molar-refractivity contribution in [3.05, 3.63) is 41.5 Å². The number of methoxy groups -OCH3 is 1. The molecule has 1 heterocycles. The quantitative estimate of drug-likeness (QED) is 0.850. The summed E-state index contributed by atoms with van der Waals surface area (Å²) in [7, 11) is 1.71. The molecule has 114 valence electrons. The second-order valence-corrected chi connectivity index (χ2v) is 5.05. The maximum Gasteiger partial charge on any atom is 0.138 e. The Morgan fingerprint density at radius 1 is 1.33 bits per heavy atom. The third-order valence-electron chi connectivity index (χ3n) is 3.59. The first-order valence-corrected chi connectivity index (χ1v) is 7.44. The van der Waals surface area contributed by atoms with Gasteiger partial charge in [-0.25, -0.2) is 4.98 Å². The summed E-state index contributed by atoms with van der Waals surface area (Å²) in [4.78, 5) is 4.38. The van der Waals surface area contributed by atoms with Crippen molar-refractivity contribution in [3.8, 4) is 5.75 Å². The number of hydrogen-bond acceptors (Lipinski definition) is 4. The Labute approximate surface area is 126 Å². The van der Waals surface area contributed by atoms with Gasteiger partial charge in [-0.15, -0.1) is 0 Å². The van der Waals surface area contributed by atoms with Gasteiger partial charge in [0.2, 0.25) is 0 Å². The standard InChI is InChI=1S/C16H24N4O/c1-5-17-14(10-16-18-11-19-20(16)6-2)13-9-12(3)7-8-15(13)21-4/h7-9,11,14,17H,5-6,10H2,1-4H3. The van der Waals surface area contributed by atoms with Gasteiger partial charge in [-0.05, 0) is 26.5 Å². The maximum atomic E-state index is 5.52. The SMILES string of the molecule is CCNC(Cc1ncnn1CC)c1cc(C)ccc1OC. The van der Waals surface area contributed by atoms with E-state index < -0.39 is 0 Å². The van der Waals surface area contributed by atoms with E-state index in [9.17, 15) is 0 Å². The molecule has 0 aliphatic heterocycles. The highest BCUT2D eigenvalue weighted by atomic mass is 16.5. The van der Waals surface area contributed by atoms with Gasteiger partial charge >= 0.3 is 0 Å². The molecule has 0 bridgehead atoms. The van der Waals surface area contributed by atoms with Gasteiger partial charge in [-0.2, -0.15) is 5.10 Å². The number of hydrogen-bond donors (Lipinski definition) is 1. The summed E-state index contributed by atoms with van der Waals surface area (Å²) in [6.07, 6.45) is 2.41. The van der Waals surface area contributed by atoms with E-state index in [1.807, 2.05) is 10.7 Å². The molecule has 5 heteroatoms. The van der Waals surface area contributed by atoms with E-state index in [4.69, 9.17) is 4.74 Å². The average Bonchev–Trinajstić information content (AvgIpc) is 2.94. The summed E-state index contributed by atoms with van der Waals surface area (Å²) < 4.78 is 7.46. The Kier molecular flexibility index (Phi) is 5.33. The predicted molar refractivity (Wildman–Crippen MR) is 83.5 cm³/mol. The van der Waals surface area contributed by atoms with Crippen molar-refractivity contribution in [2.24, 2.45) is 0 Å². The van der Waals surface area contributed by atoms with Crippen molar-refractivity contribution < 1.29 is 4.74 Å². The smallest absolute Gasteiger partial charge is 0.138 e. The first-order chi connectivity index (χ1) is 10.2. The van der Waals surface area contributed by atoms with Gasteiger partial charge in [0.15, 0.2) is 0 Å². The summed E-state index contributed by atoms with van der Waals surface area (Å²) in [5.74, 6) is 1.90. The van der Waals surface area contributed by atoms with E-state index in [1.54, 1.807) is 13.4 Å². The van der Waals surface area contributed by atoms with Crippen LogP contribution in [0.1, 0.15) is 36.8 Å². The number of rotatable bonds is 7. The fourth-order valence-corrected chi connectivity index (χ4v) is 2.56. The van der Waals surface area contributed by atoms with Crippen molar-refractivity contribution in [1.82, 2.24) is 20.1 Å². The number of benzene rings is 1. The zero-order valence-corrected chi connectivity index (χ0v) is 13.3. The van der Waals surface area contributed by atoms with E-state index in [2.05, 4.69) is 48.3 Å². The summed E-state index contributed by atoms with van der Waals surface area (Å²) in [6.45, 7) is 8.01. The molecular formula is C16H24N4O.